The van der Waals surface area contributed by atoms with Crippen molar-refractivity contribution >= 4 is 0 Å². The standard InChI is InChI=1S/C12H16O3/c1-2-3-4-10-6-8-5-9(13)7-11(14)12(8)15-10/h5,7,10,13-14H,2-4,6H2,1H3. The average molecular weight is 208 g/mol. The van der Waals surface area contributed by atoms with Crippen molar-refractivity contribution in [1.29, 1.82) is 0 Å². The SMILES string of the molecule is CCCCC1Cc2cc(O)cc(O)c2O1. The highest BCUT2D eigenvalue weighted by molar-refractivity contribution is 5.52. The zero-order chi connectivity index (χ0) is 10.8. The molecule has 3 nitrogen and oxygen atoms in total. The molecule has 0 spiro atoms. The average Bonchev–Trinajstić information content (AvgIpc) is 2.57. The highest BCUT2D eigenvalue weighted by Crippen LogP contribution is 2.40. The van der Waals surface area contributed by atoms with Crippen LogP contribution in [0.4, 0.5) is 0 Å². The van der Waals surface area contributed by atoms with Crippen LogP contribution >= 0.6 is 0 Å². The predicted molar refractivity (Wildman–Crippen MR) is 57.4 cm³/mol. The first-order valence-electron chi connectivity index (χ1n) is 5.42. The molecule has 1 unspecified atom stereocenters. The Balaban J connectivity index is 2.13. The van der Waals surface area contributed by atoms with Crippen molar-refractivity contribution < 1.29 is 14.9 Å². The minimum absolute atomic E-state index is 0.0454. The molecule has 1 aliphatic rings. The number of aromatic hydroxyl groups is 2. The number of unbranched alkanes of at least 4 members (excludes halogenated alkanes) is 1. The van der Waals surface area contributed by atoms with Crippen LogP contribution in [0.5, 0.6) is 17.2 Å². The molecule has 0 aliphatic carbocycles. The van der Waals surface area contributed by atoms with Crippen LogP contribution in [0.15, 0.2) is 12.1 Å². The van der Waals surface area contributed by atoms with Crippen LogP contribution in [0.3, 0.4) is 0 Å². The molecule has 0 fully saturated rings. The molecule has 0 radical (unpaired) electrons. The van der Waals surface area contributed by atoms with Crippen LogP contribution < -0.4 is 4.74 Å². The van der Waals surface area contributed by atoms with E-state index < -0.39 is 0 Å². The van der Waals surface area contributed by atoms with Crippen molar-refractivity contribution in [2.75, 3.05) is 0 Å². The van der Waals surface area contributed by atoms with Crippen LogP contribution in [0.1, 0.15) is 31.7 Å². The second kappa shape index (κ2) is 4.01. The number of ether oxygens (including phenoxy) is 1. The quantitative estimate of drug-likeness (QED) is 0.802. The van der Waals surface area contributed by atoms with Gasteiger partial charge in [-0.15, -0.1) is 0 Å². The molecule has 1 atom stereocenters. The maximum Gasteiger partial charge on any atom is 0.164 e. The molecule has 15 heavy (non-hydrogen) atoms. The van der Waals surface area contributed by atoms with Crippen LogP contribution in [0, 0.1) is 0 Å². The maximum atomic E-state index is 9.57. The summed E-state index contributed by atoms with van der Waals surface area (Å²) in [5.74, 6) is 0.698. The summed E-state index contributed by atoms with van der Waals surface area (Å²) in [6.07, 6.45) is 4.23. The third-order valence-corrected chi connectivity index (χ3v) is 2.74. The molecular formula is C12H16O3. The van der Waals surface area contributed by atoms with Gasteiger partial charge in [0.25, 0.3) is 0 Å². The summed E-state index contributed by atoms with van der Waals surface area (Å²) in [6, 6.07) is 2.99. The molecule has 0 saturated carbocycles. The summed E-state index contributed by atoms with van der Waals surface area (Å²) in [7, 11) is 0. The summed E-state index contributed by atoms with van der Waals surface area (Å²) in [5, 5.41) is 18.9. The number of phenols is 2. The van der Waals surface area contributed by atoms with E-state index in [1.54, 1.807) is 6.07 Å². The Kier molecular flexibility index (Phi) is 2.71. The Bertz CT molecular complexity index is 360. The van der Waals surface area contributed by atoms with E-state index in [1.807, 2.05) is 0 Å². The lowest BCUT2D eigenvalue weighted by Crippen LogP contribution is -2.12. The van der Waals surface area contributed by atoms with Gasteiger partial charge in [-0.05, 0) is 12.5 Å². The Morgan fingerprint density at radius 3 is 2.93 bits per heavy atom. The number of rotatable bonds is 3. The van der Waals surface area contributed by atoms with Gasteiger partial charge < -0.3 is 14.9 Å². The Labute approximate surface area is 89.3 Å². The third-order valence-electron chi connectivity index (χ3n) is 2.74. The van der Waals surface area contributed by atoms with Crippen molar-refractivity contribution in [3.8, 4) is 17.2 Å². The van der Waals surface area contributed by atoms with Gasteiger partial charge in [-0.1, -0.05) is 19.8 Å². The van der Waals surface area contributed by atoms with E-state index in [-0.39, 0.29) is 17.6 Å². The highest BCUT2D eigenvalue weighted by Gasteiger charge is 2.25. The minimum Gasteiger partial charge on any atom is -0.508 e. The molecule has 1 aromatic rings. The van der Waals surface area contributed by atoms with Crippen LogP contribution in [0.25, 0.3) is 0 Å². The molecule has 2 N–H and O–H groups in total. The highest BCUT2D eigenvalue weighted by atomic mass is 16.5. The lowest BCUT2D eigenvalue weighted by molar-refractivity contribution is 0.210. The van der Waals surface area contributed by atoms with Gasteiger partial charge in [0.1, 0.15) is 11.9 Å². The first-order valence-corrected chi connectivity index (χ1v) is 5.42. The van der Waals surface area contributed by atoms with Crippen LogP contribution in [0.2, 0.25) is 0 Å². The molecule has 1 aliphatic heterocycles. The first kappa shape index (κ1) is 10.1. The molecule has 0 aromatic heterocycles. The van der Waals surface area contributed by atoms with Crippen molar-refractivity contribution in [3.05, 3.63) is 17.7 Å². The topological polar surface area (TPSA) is 49.7 Å². The third kappa shape index (κ3) is 2.01. The lowest BCUT2D eigenvalue weighted by Gasteiger charge is -2.09. The van der Waals surface area contributed by atoms with Crippen molar-refractivity contribution in [1.82, 2.24) is 0 Å². The number of hydrogen-bond acceptors (Lipinski definition) is 3. The van der Waals surface area contributed by atoms with E-state index in [0.717, 1.165) is 31.2 Å². The van der Waals surface area contributed by atoms with E-state index in [0.29, 0.717) is 5.75 Å². The van der Waals surface area contributed by atoms with Gasteiger partial charge >= 0.3 is 0 Å². The van der Waals surface area contributed by atoms with E-state index in [9.17, 15) is 10.2 Å². The van der Waals surface area contributed by atoms with Gasteiger partial charge in [-0.2, -0.15) is 0 Å². The molecule has 2 rings (SSSR count). The van der Waals surface area contributed by atoms with E-state index in [1.165, 1.54) is 6.07 Å². The van der Waals surface area contributed by atoms with Crippen molar-refractivity contribution in [2.45, 2.75) is 38.7 Å². The van der Waals surface area contributed by atoms with Crippen LogP contribution in [-0.4, -0.2) is 16.3 Å². The predicted octanol–water partition coefficient (Wildman–Crippen LogP) is 2.59. The number of phenolic OH excluding ortho intramolecular Hbond substituents is 2. The fourth-order valence-electron chi connectivity index (χ4n) is 1.99. The Hall–Kier alpha value is -1.38. The Morgan fingerprint density at radius 2 is 2.20 bits per heavy atom. The smallest absolute Gasteiger partial charge is 0.164 e. The summed E-state index contributed by atoms with van der Waals surface area (Å²) in [6.45, 7) is 2.14. The van der Waals surface area contributed by atoms with Gasteiger partial charge in [0.05, 0.1) is 0 Å². The zero-order valence-corrected chi connectivity index (χ0v) is 8.86. The van der Waals surface area contributed by atoms with E-state index in [4.69, 9.17) is 4.74 Å². The monoisotopic (exact) mass is 208 g/mol. The molecule has 1 aromatic carbocycles. The summed E-state index contributed by atoms with van der Waals surface area (Å²) < 4.78 is 5.63. The second-order valence-electron chi connectivity index (χ2n) is 4.04. The summed E-state index contributed by atoms with van der Waals surface area (Å²) in [4.78, 5) is 0. The van der Waals surface area contributed by atoms with Crippen molar-refractivity contribution in [2.24, 2.45) is 0 Å². The van der Waals surface area contributed by atoms with E-state index >= 15 is 0 Å². The second-order valence-corrected chi connectivity index (χ2v) is 4.04. The molecule has 3 heteroatoms. The van der Waals surface area contributed by atoms with Gasteiger partial charge in [0.15, 0.2) is 11.5 Å². The van der Waals surface area contributed by atoms with Gasteiger partial charge in [0.2, 0.25) is 0 Å². The summed E-state index contributed by atoms with van der Waals surface area (Å²) >= 11 is 0. The molecule has 0 bridgehead atoms. The van der Waals surface area contributed by atoms with Crippen molar-refractivity contribution in [3.63, 3.8) is 0 Å². The van der Waals surface area contributed by atoms with E-state index in [2.05, 4.69) is 6.92 Å². The molecule has 82 valence electrons. The molecule has 1 heterocycles. The van der Waals surface area contributed by atoms with Gasteiger partial charge in [-0.25, -0.2) is 0 Å². The minimum atomic E-state index is 0.0454. The lowest BCUT2D eigenvalue weighted by atomic mass is 10.1. The zero-order valence-electron chi connectivity index (χ0n) is 8.86. The molecule has 0 amide bonds. The Morgan fingerprint density at radius 1 is 1.40 bits per heavy atom. The largest absolute Gasteiger partial charge is 0.508 e. The number of hydrogen-bond donors (Lipinski definition) is 2. The first-order chi connectivity index (χ1) is 7.20. The van der Waals surface area contributed by atoms with Gasteiger partial charge in [-0.3, -0.25) is 0 Å². The molecular weight excluding hydrogens is 192 g/mol. The normalized spacial score (nSPS) is 18.6. The van der Waals surface area contributed by atoms with Gasteiger partial charge in [0, 0.05) is 18.1 Å². The fourth-order valence-corrected chi connectivity index (χ4v) is 1.99. The molecule has 0 saturated heterocycles. The fraction of sp³-hybridized carbons (Fsp3) is 0.500. The number of benzene rings is 1. The number of fused-ring (bicyclic) bond motifs is 1. The summed E-state index contributed by atoms with van der Waals surface area (Å²) in [5.41, 5.74) is 0.911. The van der Waals surface area contributed by atoms with Crippen LogP contribution in [-0.2, 0) is 6.42 Å². The maximum absolute atomic E-state index is 9.57.